The molecule has 8 aromatic carbocycles. The van der Waals surface area contributed by atoms with E-state index < -0.39 is 52.6 Å². The lowest BCUT2D eigenvalue weighted by molar-refractivity contribution is -0.0586. The normalized spacial score (nSPS) is 13.1. The van der Waals surface area contributed by atoms with E-state index in [1.54, 1.807) is 12.1 Å². The van der Waals surface area contributed by atoms with Crippen LogP contribution in [0, 0.1) is 6.92 Å². The maximum atomic E-state index is 14.0. The van der Waals surface area contributed by atoms with E-state index >= 15 is 0 Å². The monoisotopic (exact) mass is 1230 g/mol. The third-order valence-electron chi connectivity index (χ3n) is 14.8. The summed E-state index contributed by atoms with van der Waals surface area (Å²) < 4.78 is 183. The maximum Gasteiger partial charge on any atom is 0.534 e. The molecule has 0 N–H and O–H groups in total. The van der Waals surface area contributed by atoms with Crippen molar-refractivity contribution in [3.63, 3.8) is 0 Å². The van der Waals surface area contributed by atoms with Crippen LogP contribution >= 0.6 is 0 Å². The van der Waals surface area contributed by atoms with Crippen LogP contribution in [-0.2, 0) is 34.0 Å². The van der Waals surface area contributed by atoms with E-state index in [1.165, 1.54) is 56.6 Å². The summed E-state index contributed by atoms with van der Waals surface area (Å²) >= 11 is 0. The summed E-state index contributed by atoms with van der Waals surface area (Å²) in [5, 5.41) is 5.50. The molecule has 0 unspecified atom stereocenters. The fourth-order valence-electron chi connectivity index (χ4n) is 10.4. The molecule has 450 valence electrons. The smallest absolute Gasteiger partial charge is 0.375 e. The number of hydrogen-bond donors (Lipinski definition) is 0. The Morgan fingerprint density at radius 1 is 0.345 bits per heavy atom. The summed E-state index contributed by atoms with van der Waals surface area (Å²) in [6.45, 7) is 29.0. The van der Waals surface area contributed by atoms with Gasteiger partial charge in [0.25, 0.3) is 0 Å². The molecule has 0 aliphatic rings. The summed E-state index contributed by atoms with van der Waals surface area (Å²) in [7, 11) is -19.7. The van der Waals surface area contributed by atoms with Gasteiger partial charge in [-0.05, 0) is 183 Å². The molecule has 20 heteroatoms. The highest BCUT2D eigenvalue weighted by Gasteiger charge is 2.57. The average Bonchev–Trinajstić information content (AvgIpc) is 0.792. The molecule has 0 amide bonds. The Bertz CT molecular complexity index is 4080. The summed E-state index contributed by atoms with van der Waals surface area (Å²) in [6, 6.07) is 41.5. The predicted octanol–water partition coefficient (Wildman–Crippen LogP) is 19.8. The molecule has 0 bridgehead atoms. The van der Waals surface area contributed by atoms with Crippen LogP contribution in [0.15, 0.2) is 121 Å². The van der Waals surface area contributed by atoms with E-state index in [-0.39, 0.29) is 29.2 Å². The van der Waals surface area contributed by atoms with E-state index in [0.29, 0.717) is 17.4 Å². The Labute approximate surface area is 485 Å². The first-order valence-corrected chi connectivity index (χ1v) is 31.2. The molecule has 8 nitrogen and oxygen atoms in total. The van der Waals surface area contributed by atoms with Crippen molar-refractivity contribution in [2.45, 2.75) is 142 Å². The minimum Gasteiger partial charge on any atom is -0.375 e. The molecule has 8 rings (SSSR count). The summed E-state index contributed by atoms with van der Waals surface area (Å²) in [4.78, 5) is 0. The molecular weight excluding hydrogens is 1160 g/mol. The molecule has 0 spiro atoms. The highest BCUT2D eigenvalue weighted by atomic mass is 32.3. The van der Waals surface area contributed by atoms with Crippen molar-refractivity contribution in [3.8, 4) is 50.3 Å². The summed E-state index contributed by atoms with van der Waals surface area (Å²) in [5.41, 5.74) is -1.89. The highest BCUT2D eigenvalue weighted by Crippen LogP contribution is 2.49. The van der Waals surface area contributed by atoms with Crippen molar-refractivity contribution < 1.29 is 72.6 Å². The number of para-hydroxylation sites is 1. The van der Waals surface area contributed by atoms with E-state index in [2.05, 4.69) is 175 Å². The molecule has 84 heavy (non-hydrogen) atoms. The van der Waals surface area contributed by atoms with Crippen molar-refractivity contribution in [1.29, 1.82) is 0 Å². The SMILES string of the molecule is Cc1ccccc1-c1cc2c3cc(-c4c(C(C)C)cc(C(C)C)cc4C(C)C)ccc3c(-c3ccccc3OS(=O)(=O)C(F)(F)F)cc2c2cc(-c3c(C(C)C)cc(C(C)C)cc3C(C)C)ccc12.O=S(=O)(OS(=O)(=O)C(F)(F)F)C(F)(F)F. The number of aryl methyl sites for hydroxylation is 1. The Balaban J connectivity index is 0.000000593. The number of hydrogen-bond acceptors (Lipinski definition) is 8. The summed E-state index contributed by atoms with van der Waals surface area (Å²) in [5.74, 6) is 1.18. The van der Waals surface area contributed by atoms with Crippen LogP contribution in [0.5, 0.6) is 5.75 Å². The van der Waals surface area contributed by atoms with Gasteiger partial charge in [0.05, 0.1) is 0 Å². The first-order chi connectivity index (χ1) is 38.7. The topological polar surface area (TPSA) is 121 Å². The lowest BCUT2D eigenvalue weighted by atomic mass is 9.80. The van der Waals surface area contributed by atoms with Crippen LogP contribution < -0.4 is 4.18 Å². The molecule has 0 aliphatic heterocycles. The second-order valence-corrected chi connectivity index (χ2v) is 27.5. The number of rotatable bonds is 14. The maximum absolute atomic E-state index is 14.0. The first kappa shape index (κ1) is 65.1. The van der Waals surface area contributed by atoms with Gasteiger partial charge in [-0.3, -0.25) is 0 Å². The van der Waals surface area contributed by atoms with E-state index in [4.69, 9.17) is 4.18 Å². The minimum atomic E-state index is -6.85. The summed E-state index contributed by atoms with van der Waals surface area (Å²) in [6.07, 6.45) is 0. The Morgan fingerprint density at radius 2 is 0.667 bits per heavy atom. The second-order valence-electron chi connectivity index (χ2n) is 22.7. The number of halogens is 9. The lowest BCUT2D eigenvalue weighted by Crippen LogP contribution is -2.34. The van der Waals surface area contributed by atoms with Crippen molar-refractivity contribution in [1.82, 2.24) is 0 Å². The van der Waals surface area contributed by atoms with Crippen molar-refractivity contribution >= 4 is 62.7 Å². The lowest BCUT2D eigenvalue weighted by Gasteiger charge is -2.25. The van der Waals surface area contributed by atoms with Crippen LogP contribution in [0.3, 0.4) is 0 Å². The van der Waals surface area contributed by atoms with Gasteiger partial charge in [-0.15, -0.1) is 3.63 Å². The van der Waals surface area contributed by atoms with Crippen molar-refractivity contribution in [2.24, 2.45) is 0 Å². The fraction of sp³-hybridized carbons (Fsp3) is 0.344. The Hall–Kier alpha value is -6.48. The second kappa shape index (κ2) is 23.8. The molecule has 0 atom stereocenters. The third-order valence-corrected chi connectivity index (χ3v) is 18.3. The van der Waals surface area contributed by atoms with E-state index in [1.807, 2.05) is 15.8 Å². The van der Waals surface area contributed by atoms with Crippen LogP contribution in [0.25, 0.3) is 76.8 Å². The average molecular weight is 1230 g/mol. The molecule has 8 aromatic rings. The highest BCUT2D eigenvalue weighted by molar-refractivity contribution is 8.00. The largest absolute Gasteiger partial charge is 0.534 e. The van der Waals surface area contributed by atoms with Gasteiger partial charge >= 0.3 is 46.9 Å². The van der Waals surface area contributed by atoms with Crippen LogP contribution in [0.2, 0.25) is 0 Å². The zero-order valence-electron chi connectivity index (χ0n) is 48.4. The number of fused-ring (bicyclic) bond motifs is 5. The quantitative estimate of drug-likeness (QED) is 0.0457. The molecule has 0 aliphatic carbocycles. The Morgan fingerprint density at radius 3 is 1.00 bits per heavy atom. The van der Waals surface area contributed by atoms with Crippen LogP contribution in [-0.4, -0.2) is 41.8 Å². The van der Waals surface area contributed by atoms with E-state index in [9.17, 15) is 64.8 Å². The Kier molecular flexibility index (Phi) is 18.4. The first-order valence-electron chi connectivity index (χ1n) is 27.0. The zero-order chi connectivity index (χ0) is 62.7. The zero-order valence-corrected chi connectivity index (χ0v) is 50.9. The minimum absolute atomic E-state index is 0.214. The fourth-order valence-corrected chi connectivity index (χ4v) is 12.4. The van der Waals surface area contributed by atoms with Gasteiger partial charge in [0.1, 0.15) is 0 Å². The number of alkyl halides is 9. The van der Waals surface area contributed by atoms with Crippen LogP contribution in [0.1, 0.15) is 158 Å². The number of benzene rings is 8. The van der Waals surface area contributed by atoms with Crippen molar-refractivity contribution in [3.05, 3.63) is 160 Å². The van der Waals surface area contributed by atoms with Gasteiger partial charge in [-0.2, -0.15) is 64.8 Å². The molecule has 0 saturated heterocycles. The van der Waals surface area contributed by atoms with E-state index in [0.717, 1.165) is 60.1 Å². The standard InChI is InChI=1S/C62H65F3O3S.C2F6O5S2/c1-34(2)43-28-49(36(5)6)60(50(29-43)37(7)8)41-22-24-46-53(26-41)58-33-56(48-20-16-17-21-59(48)68-69(66,67)62(63,64)65)47-25-23-42(27-54(47)57(58)32-55(46)45-19-15-14-18-40(45)13)61-51(38(9)10)30-44(35(3)4)31-52(61)39(11)12;3-1(4,5)14(9,10)13-15(11,12)2(6,7)8/h14-39H,1-13H3;. The van der Waals surface area contributed by atoms with Crippen LogP contribution in [0.4, 0.5) is 39.5 Å². The predicted molar refractivity (Wildman–Crippen MR) is 317 cm³/mol. The van der Waals surface area contributed by atoms with Gasteiger partial charge in [0.15, 0.2) is 5.75 Å². The molecule has 0 fully saturated rings. The van der Waals surface area contributed by atoms with Crippen molar-refractivity contribution in [2.75, 3.05) is 0 Å². The molecule has 0 saturated carbocycles. The van der Waals surface area contributed by atoms with Gasteiger partial charge in [-0.25, -0.2) is 0 Å². The van der Waals surface area contributed by atoms with Gasteiger partial charge in [0.2, 0.25) is 0 Å². The van der Waals surface area contributed by atoms with Gasteiger partial charge in [-0.1, -0.05) is 174 Å². The molecular formula is C64H65F9O8S3. The van der Waals surface area contributed by atoms with Gasteiger partial charge in [0, 0.05) is 5.56 Å². The molecule has 0 aromatic heterocycles. The molecule has 0 radical (unpaired) electrons. The van der Waals surface area contributed by atoms with Gasteiger partial charge < -0.3 is 4.18 Å². The third kappa shape index (κ3) is 13.0. The molecule has 0 heterocycles.